The number of fused-ring (bicyclic) bond motifs is 1. The highest BCUT2D eigenvalue weighted by Crippen LogP contribution is 2.24. The molecule has 0 amide bonds. The van der Waals surface area contributed by atoms with Crippen LogP contribution in [0.4, 0.5) is 5.82 Å². The molecule has 0 aromatic carbocycles. The average Bonchev–Trinajstić information content (AvgIpc) is 3.03. The van der Waals surface area contributed by atoms with Crippen LogP contribution < -0.4 is 4.90 Å². The van der Waals surface area contributed by atoms with Crippen molar-refractivity contribution in [3.63, 3.8) is 0 Å². The van der Waals surface area contributed by atoms with Crippen molar-refractivity contribution in [2.75, 3.05) is 25.0 Å². The molecule has 4 rings (SSSR count). The molecule has 4 heterocycles. The van der Waals surface area contributed by atoms with Crippen LogP contribution in [0.15, 0.2) is 16.7 Å². The Morgan fingerprint density at radius 2 is 2.00 bits per heavy atom. The molecule has 24 heavy (non-hydrogen) atoms. The zero-order valence-corrected chi connectivity index (χ0v) is 14.4. The van der Waals surface area contributed by atoms with Crippen molar-refractivity contribution < 1.29 is 4.52 Å². The quantitative estimate of drug-likeness (QED) is 0.716. The SMILES string of the molecule is Cc1noc(C)c1CN(C)C1CN(c2ccc3nnc(C)n3n2)C1. The van der Waals surface area contributed by atoms with E-state index in [0.717, 1.165) is 48.4 Å². The van der Waals surface area contributed by atoms with Crippen molar-refractivity contribution in [2.24, 2.45) is 0 Å². The third kappa shape index (κ3) is 2.43. The van der Waals surface area contributed by atoms with Crippen molar-refractivity contribution in [1.82, 2.24) is 29.9 Å². The zero-order valence-electron chi connectivity index (χ0n) is 14.4. The number of nitrogens with zero attached hydrogens (tertiary/aromatic N) is 7. The van der Waals surface area contributed by atoms with Crippen LogP contribution >= 0.6 is 0 Å². The number of aromatic nitrogens is 5. The highest BCUT2D eigenvalue weighted by atomic mass is 16.5. The Kier molecular flexibility index (Phi) is 3.49. The van der Waals surface area contributed by atoms with Crippen LogP contribution in [-0.4, -0.2) is 56.0 Å². The van der Waals surface area contributed by atoms with Crippen molar-refractivity contribution in [2.45, 2.75) is 33.4 Å². The first kappa shape index (κ1) is 15.1. The molecule has 0 bridgehead atoms. The molecule has 1 aliphatic heterocycles. The second kappa shape index (κ2) is 5.55. The van der Waals surface area contributed by atoms with Gasteiger partial charge in [0, 0.05) is 31.2 Å². The minimum atomic E-state index is 0.498. The van der Waals surface area contributed by atoms with Gasteiger partial charge in [-0.25, -0.2) is 0 Å². The second-order valence-electron chi connectivity index (χ2n) is 6.49. The summed E-state index contributed by atoms with van der Waals surface area (Å²) in [5, 5.41) is 16.8. The third-order valence-electron chi connectivity index (χ3n) is 4.80. The number of hydrogen-bond donors (Lipinski definition) is 0. The smallest absolute Gasteiger partial charge is 0.178 e. The lowest BCUT2D eigenvalue weighted by atomic mass is 10.1. The zero-order chi connectivity index (χ0) is 16.8. The standard InChI is InChI=1S/C16H21N7O/c1-10-14(11(2)24-20-10)9-21(4)13-7-22(8-13)16-6-5-15-18-17-12(3)23(15)19-16/h5-6,13H,7-9H2,1-4H3. The van der Waals surface area contributed by atoms with Gasteiger partial charge in [0.1, 0.15) is 11.6 Å². The van der Waals surface area contributed by atoms with Gasteiger partial charge < -0.3 is 9.42 Å². The molecule has 3 aromatic rings. The van der Waals surface area contributed by atoms with Crippen LogP contribution in [0.5, 0.6) is 0 Å². The fourth-order valence-electron chi connectivity index (χ4n) is 3.08. The monoisotopic (exact) mass is 327 g/mol. The molecular weight excluding hydrogens is 306 g/mol. The van der Waals surface area contributed by atoms with E-state index in [1.807, 2.05) is 32.9 Å². The maximum absolute atomic E-state index is 5.25. The molecule has 3 aromatic heterocycles. The fourth-order valence-corrected chi connectivity index (χ4v) is 3.08. The predicted molar refractivity (Wildman–Crippen MR) is 89.0 cm³/mol. The van der Waals surface area contributed by atoms with Crippen molar-refractivity contribution in [3.8, 4) is 0 Å². The lowest BCUT2D eigenvalue weighted by molar-refractivity contribution is 0.195. The Morgan fingerprint density at radius 1 is 1.21 bits per heavy atom. The maximum Gasteiger partial charge on any atom is 0.178 e. The van der Waals surface area contributed by atoms with Gasteiger partial charge in [0.15, 0.2) is 11.5 Å². The Morgan fingerprint density at radius 3 is 2.71 bits per heavy atom. The summed E-state index contributed by atoms with van der Waals surface area (Å²) in [6.07, 6.45) is 0. The predicted octanol–water partition coefficient (Wildman–Crippen LogP) is 1.36. The molecule has 0 radical (unpaired) electrons. The summed E-state index contributed by atoms with van der Waals surface area (Å²) < 4.78 is 7.04. The van der Waals surface area contributed by atoms with Gasteiger partial charge in [-0.2, -0.15) is 4.52 Å². The molecule has 8 heteroatoms. The minimum Gasteiger partial charge on any atom is -0.361 e. The normalized spacial score (nSPS) is 15.5. The molecule has 0 N–H and O–H groups in total. The Bertz CT molecular complexity index is 858. The van der Waals surface area contributed by atoms with E-state index >= 15 is 0 Å². The molecule has 8 nitrogen and oxygen atoms in total. The van der Waals surface area contributed by atoms with Crippen LogP contribution in [0.25, 0.3) is 5.65 Å². The molecule has 0 aliphatic carbocycles. The summed E-state index contributed by atoms with van der Waals surface area (Å²) in [6, 6.07) is 4.47. The molecule has 1 fully saturated rings. The van der Waals surface area contributed by atoms with E-state index < -0.39 is 0 Å². The van der Waals surface area contributed by atoms with E-state index in [1.54, 1.807) is 4.52 Å². The third-order valence-corrected chi connectivity index (χ3v) is 4.80. The molecule has 0 atom stereocenters. The highest BCUT2D eigenvalue weighted by molar-refractivity contribution is 5.47. The van der Waals surface area contributed by atoms with Gasteiger partial charge in [-0.1, -0.05) is 5.16 Å². The van der Waals surface area contributed by atoms with Crippen LogP contribution in [0.1, 0.15) is 22.8 Å². The number of rotatable bonds is 4. The molecule has 0 spiro atoms. The van der Waals surface area contributed by atoms with Gasteiger partial charge in [-0.3, -0.25) is 4.90 Å². The molecule has 0 saturated carbocycles. The van der Waals surface area contributed by atoms with Crippen molar-refractivity contribution in [1.29, 1.82) is 0 Å². The van der Waals surface area contributed by atoms with Crippen LogP contribution in [0.2, 0.25) is 0 Å². The van der Waals surface area contributed by atoms with Crippen LogP contribution in [-0.2, 0) is 6.54 Å². The second-order valence-corrected chi connectivity index (χ2v) is 6.49. The van der Waals surface area contributed by atoms with E-state index in [4.69, 9.17) is 4.52 Å². The summed E-state index contributed by atoms with van der Waals surface area (Å²) >= 11 is 0. The first-order valence-corrected chi connectivity index (χ1v) is 8.09. The first-order valence-electron chi connectivity index (χ1n) is 8.09. The van der Waals surface area contributed by atoms with Crippen molar-refractivity contribution >= 4 is 11.5 Å². The Hall–Kier alpha value is -2.48. The van der Waals surface area contributed by atoms with E-state index in [2.05, 4.69) is 37.3 Å². The summed E-state index contributed by atoms with van der Waals surface area (Å²) in [5.41, 5.74) is 2.95. The summed E-state index contributed by atoms with van der Waals surface area (Å²) in [6.45, 7) is 8.65. The minimum absolute atomic E-state index is 0.498. The van der Waals surface area contributed by atoms with E-state index in [1.165, 1.54) is 5.56 Å². The Labute approximate surface area is 140 Å². The van der Waals surface area contributed by atoms with Gasteiger partial charge in [0.05, 0.1) is 5.69 Å². The summed E-state index contributed by atoms with van der Waals surface area (Å²) in [4.78, 5) is 4.62. The average molecular weight is 327 g/mol. The van der Waals surface area contributed by atoms with Gasteiger partial charge in [0.25, 0.3) is 0 Å². The summed E-state index contributed by atoms with van der Waals surface area (Å²) in [5.74, 6) is 2.68. The molecule has 1 aliphatic rings. The molecule has 0 unspecified atom stereocenters. The van der Waals surface area contributed by atoms with Gasteiger partial charge in [0.2, 0.25) is 0 Å². The summed E-state index contributed by atoms with van der Waals surface area (Å²) in [7, 11) is 2.15. The number of hydrogen-bond acceptors (Lipinski definition) is 7. The number of anilines is 1. The fraction of sp³-hybridized carbons (Fsp3) is 0.500. The largest absolute Gasteiger partial charge is 0.361 e. The lowest BCUT2D eigenvalue weighted by Crippen LogP contribution is -2.58. The number of likely N-dealkylation sites (N-methyl/N-ethyl adjacent to an activating group) is 1. The maximum atomic E-state index is 5.25. The molecular formula is C16H21N7O. The van der Waals surface area contributed by atoms with E-state index in [9.17, 15) is 0 Å². The topological polar surface area (TPSA) is 75.6 Å². The molecule has 126 valence electrons. The van der Waals surface area contributed by atoms with Gasteiger partial charge >= 0.3 is 0 Å². The first-order chi connectivity index (χ1) is 11.5. The molecule has 1 saturated heterocycles. The lowest BCUT2D eigenvalue weighted by Gasteiger charge is -2.44. The number of aryl methyl sites for hydroxylation is 3. The van der Waals surface area contributed by atoms with Gasteiger partial charge in [-0.05, 0) is 40.0 Å². The van der Waals surface area contributed by atoms with Gasteiger partial charge in [-0.15, -0.1) is 15.3 Å². The Balaban J connectivity index is 1.42. The highest BCUT2D eigenvalue weighted by Gasteiger charge is 2.32. The van der Waals surface area contributed by atoms with Crippen molar-refractivity contribution in [3.05, 3.63) is 35.0 Å². The van der Waals surface area contributed by atoms with Crippen LogP contribution in [0.3, 0.4) is 0 Å². The van der Waals surface area contributed by atoms with E-state index in [0.29, 0.717) is 6.04 Å². The van der Waals surface area contributed by atoms with Crippen LogP contribution in [0, 0.1) is 20.8 Å². The van der Waals surface area contributed by atoms with E-state index in [-0.39, 0.29) is 0 Å².